The Hall–Kier alpha value is -3.80. The highest BCUT2D eigenvalue weighted by molar-refractivity contribution is 5.94. The van der Waals surface area contributed by atoms with Crippen LogP contribution >= 0.6 is 0 Å². The van der Waals surface area contributed by atoms with E-state index in [4.69, 9.17) is 15.2 Å². The molecule has 0 aromatic heterocycles. The molecular weight excluding hydrogens is 380 g/mol. The van der Waals surface area contributed by atoms with E-state index in [0.717, 1.165) is 17.7 Å². The SMILES string of the molecule is COc1ccc2c(c1)CN(C(=O)c1ccc(Oc3ccc(C(N)=O)cc3)cc1)CC2. The molecule has 6 heteroatoms. The lowest BCUT2D eigenvalue weighted by molar-refractivity contribution is 0.0734. The Morgan fingerprint density at radius 1 is 0.833 bits per heavy atom. The molecule has 0 saturated carbocycles. The highest BCUT2D eigenvalue weighted by atomic mass is 16.5. The van der Waals surface area contributed by atoms with Crippen LogP contribution in [0.15, 0.2) is 66.7 Å². The first-order valence-electron chi connectivity index (χ1n) is 9.66. The molecule has 0 aliphatic carbocycles. The summed E-state index contributed by atoms with van der Waals surface area (Å²) in [5, 5.41) is 0. The molecule has 1 heterocycles. The van der Waals surface area contributed by atoms with Crippen molar-refractivity contribution in [1.82, 2.24) is 4.90 Å². The Kier molecular flexibility index (Phi) is 5.39. The lowest BCUT2D eigenvalue weighted by atomic mass is 9.99. The van der Waals surface area contributed by atoms with Gasteiger partial charge in [-0.15, -0.1) is 0 Å². The van der Waals surface area contributed by atoms with Gasteiger partial charge in [0.15, 0.2) is 0 Å². The summed E-state index contributed by atoms with van der Waals surface area (Å²) in [5.74, 6) is 1.49. The van der Waals surface area contributed by atoms with E-state index in [1.807, 2.05) is 17.0 Å². The standard InChI is InChI=1S/C24H22N2O4/c1-29-22-11-2-16-12-13-26(15-19(16)14-22)24(28)18-5-9-21(10-6-18)30-20-7-3-17(4-8-20)23(25)27/h2-11,14H,12-13,15H2,1H3,(H2,25,27). The fourth-order valence-corrected chi connectivity index (χ4v) is 3.51. The molecule has 0 radical (unpaired) electrons. The van der Waals surface area contributed by atoms with Crippen LogP contribution < -0.4 is 15.2 Å². The first kappa shape index (κ1) is 19.5. The average Bonchev–Trinajstić information content (AvgIpc) is 2.78. The molecule has 0 atom stereocenters. The number of carbonyl (C=O) groups excluding carboxylic acids is 2. The van der Waals surface area contributed by atoms with Gasteiger partial charge in [0, 0.05) is 24.2 Å². The fraction of sp³-hybridized carbons (Fsp3) is 0.167. The number of ether oxygens (including phenoxy) is 2. The van der Waals surface area contributed by atoms with Crippen LogP contribution in [0.4, 0.5) is 0 Å². The van der Waals surface area contributed by atoms with Crippen LogP contribution in [0.5, 0.6) is 17.2 Å². The summed E-state index contributed by atoms with van der Waals surface area (Å²) >= 11 is 0. The summed E-state index contributed by atoms with van der Waals surface area (Å²) in [6.45, 7) is 1.25. The predicted octanol–water partition coefficient (Wildman–Crippen LogP) is 3.78. The van der Waals surface area contributed by atoms with E-state index in [-0.39, 0.29) is 5.91 Å². The van der Waals surface area contributed by atoms with Gasteiger partial charge in [-0.05, 0) is 78.2 Å². The predicted molar refractivity (Wildman–Crippen MR) is 113 cm³/mol. The van der Waals surface area contributed by atoms with Crippen LogP contribution in [-0.4, -0.2) is 30.4 Å². The smallest absolute Gasteiger partial charge is 0.254 e. The maximum Gasteiger partial charge on any atom is 0.254 e. The number of primary amides is 1. The Balaban J connectivity index is 1.43. The van der Waals surface area contributed by atoms with Gasteiger partial charge in [0.1, 0.15) is 17.2 Å². The molecule has 1 aliphatic heterocycles. The molecule has 2 N–H and O–H groups in total. The highest BCUT2D eigenvalue weighted by Crippen LogP contribution is 2.26. The first-order chi connectivity index (χ1) is 14.5. The van der Waals surface area contributed by atoms with Crippen molar-refractivity contribution in [1.29, 1.82) is 0 Å². The zero-order chi connectivity index (χ0) is 21.1. The molecule has 1 aliphatic rings. The number of nitrogens with two attached hydrogens (primary N) is 1. The molecule has 4 rings (SSSR count). The van der Waals surface area contributed by atoms with Crippen molar-refractivity contribution < 1.29 is 19.1 Å². The zero-order valence-electron chi connectivity index (χ0n) is 16.6. The van der Waals surface area contributed by atoms with Crippen LogP contribution in [0.2, 0.25) is 0 Å². The summed E-state index contributed by atoms with van der Waals surface area (Å²) in [7, 11) is 1.64. The minimum absolute atomic E-state index is 0.0131. The van der Waals surface area contributed by atoms with Crippen molar-refractivity contribution in [3.63, 3.8) is 0 Å². The summed E-state index contributed by atoms with van der Waals surface area (Å²) in [6.07, 6.45) is 0.827. The van der Waals surface area contributed by atoms with Crippen molar-refractivity contribution in [2.75, 3.05) is 13.7 Å². The van der Waals surface area contributed by atoms with E-state index < -0.39 is 5.91 Å². The molecular formula is C24H22N2O4. The van der Waals surface area contributed by atoms with Gasteiger partial charge in [-0.1, -0.05) is 6.07 Å². The van der Waals surface area contributed by atoms with Crippen LogP contribution in [-0.2, 0) is 13.0 Å². The molecule has 152 valence electrons. The maximum atomic E-state index is 12.9. The quantitative estimate of drug-likeness (QED) is 0.704. The molecule has 0 bridgehead atoms. The molecule has 0 unspecified atom stereocenters. The van der Waals surface area contributed by atoms with Crippen LogP contribution in [0.25, 0.3) is 0 Å². The van der Waals surface area contributed by atoms with Crippen molar-refractivity contribution >= 4 is 11.8 Å². The fourth-order valence-electron chi connectivity index (χ4n) is 3.51. The second-order valence-electron chi connectivity index (χ2n) is 7.13. The molecule has 2 amide bonds. The average molecular weight is 402 g/mol. The number of amides is 2. The molecule has 0 saturated heterocycles. The molecule has 6 nitrogen and oxygen atoms in total. The van der Waals surface area contributed by atoms with Crippen LogP contribution in [0, 0.1) is 0 Å². The molecule has 0 fully saturated rings. The van der Waals surface area contributed by atoms with Crippen molar-refractivity contribution in [2.24, 2.45) is 5.73 Å². The van der Waals surface area contributed by atoms with E-state index in [1.165, 1.54) is 5.56 Å². The van der Waals surface area contributed by atoms with E-state index in [9.17, 15) is 9.59 Å². The summed E-state index contributed by atoms with van der Waals surface area (Å²) in [5.41, 5.74) is 8.65. The van der Waals surface area contributed by atoms with E-state index in [2.05, 4.69) is 6.07 Å². The minimum atomic E-state index is -0.483. The number of fused-ring (bicyclic) bond motifs is 1. The summed E-state index contributed by atoms with van der Waals surface area (Å²) < 4.78 is 11.1. The van der Waals surface area contributed by atoms with Gasteiger partial charge >= 0.3 is 0 Å². The molecule has 0 spiro atoms. The van der Waals surface area contributed by atoms with Gasteiger partial charge in [0.05, 0.1) is 7.11 Å². The Labute approximate surface area is 174 Å². The number of benzene rings is 3. The molecule has 3 aromatic carbocycles. The van der Waals surface area contributed by atoms with Crippen molar-refractivity contribution in [3.05, 3.63) is 89.0 Å². The number of carbonyl (C=O) groups is 2. The lowest BCUT2D eigenvalue weighted by Crippen LogP contribution is -2.35. The van der Waals surface area contributed by atoms with Crippen molar-refractivity contribution in [2.45, 2.75) is 13.0 Å². The topological polar surface area (TPSA) is 81.9 Å². The number of rotatable bonds is 5. The summed E-state index contributed by atoms with van der Waals surface area (Å²) in [4.78, 5) is 25.9. The van der Waals surface area contributed by atoms with E-state index >= 15 is 0 Å². The van der Waals surface area contributed by atoms with Crippen molar-refractivity contribution in [3.8, 4) is 17.2 Å². The van der Waals surface area contributed by atoms with Gasteiger partial charge in [0.2, 0.25) is 5.91 Å². The van der Waals surface area contributed by atoms with Gasteiger partial charge in [-0.3, -0.25) is 9.59 Å². The lowest BCUT2D eigenvalue weighted by Gasteiger charge is -2.29. The van der Waals surface area contributed by atoms with Gasteiger partial charge < -0.3 is 20.1 Å². The minimum Gasteiger partial charge on any atom is -0.497 e. The van der Waals surface area contributed by atoms with Gasteiger partial charge in [-0.2, -0.15) is 0 Å². The zero-order valence-corrected chi connectivity index (χ0v) is 16.6. The largest absolute Gasteiger partial charge is 0.497 e. The monoisotopic (exact) mass is 402 g/mol. The first-order valence-corrected chi connectivity index (χ1v) is 9.66. The third-order valence-electron chi connectivity index (χ3n) is 5.19. The molecule has 30 heavy (non-hydrogen) atoms. The second kappa shape index (κ2) is 8.29. The van der Waals surface area contributed by atoms with Gasteiger partial charge in [0.25, 0.3) is 5.91 Å². The Morgan fingerprint density at radius 2 is 1.43 bits per heavy atom. The summed E-state index contributed by atoms with van der Waals surface area (Å²) in [6, 6.07) is 19.6. The van der Waals surface area contributed by atoms with Gasteiger partial charge in [-0.25, -0.2) is 0 Å². The number of hydrogen-bond donors (Lipinski definition) is 1. The second-order valence-corrected chi connectivity index (χ2v) is 7.13. The molecule has 3 aromatic rings. The van der Waals surface area contributed by atoms with Crippen LogP contribution in [0.3, 0.4) is 0 Å². The third-order valence-corrected chi connectivity index (χ3v) is 5.19. The number of hydrogen-bond acceptors (Lipinski definition) is 4. The number of nitrogens with zero attached hydrogens (tertiary/aromatic N) is 1. The Bertz CT molecular complexity index is 1080. The van der Waals surface area contributed by atoms with E-state index in [0.29, 0.717) is 35.7 Å². The maximum absolute atomic E-state index is 12.9. The Morgan fingerprint density at radius 3 is 2.03 bits per heavy atom. The number of methoxy groups -OCH3 is 1. The normalized spacial score (nSPS) is 12.8. The highest BCUT2D eigenvalue weighted by Gasteiger charge is 2.22. The third kappa shape index (κ3) is 4.12. The van der Waals surface area contributed by atoms with Crippen LogP contribution in [0.1, 0.15) is 31.8 Å². The van der Waals surface area contributed by atoms with E-state index in [1.54, 1.807) is 55.6 Å².